The third kappa shape index (κ3) is 18.2. The fraction of sp³-hybridized carbons (Fsp3) is 0.259. The Morgan fingerprint density at radius 2 is 1.25 bits per heavy atom. The minimum Gasteiger partial charge on any atom is -0.619 e. The van der Waals surface area contributed by atoms with Gasteiger partial charge in [0.25, 0.3) is 11.1 Å². The number of H-pyrrole nitrogens is 2. The second-order valence-corrected chi connectivity index (χ2v) is 18.6. The van der Waals surface area contributed by atoms with Crippen LogP contribution in [0.25, 0.3) is 16.8 Å². The molecule has 2 N–H and O–H groups in total. The summed E-state index contributed by atoms with van der Waals surface area (Å²) in [6.07, 6.45) is 27.3. The molecule has 0 spiro atoms. The largest absolute Gasteiger partial charge is 0.619 e. The maximum Gasteiger partial charge on any atom is 0.255 e. The Kier molecular flexibility index (Phi) is 23.6. The fourth-order valence-corrected chi connectivity index (χ4v) is 8.58. The molecule has 17 nitrogen and oxygen atoms in total. The average Bonchev–Trinajstić information content (AvgIpc) is 3.42. The molecule has 0 fully saturated rings. The summed E-state index contributed by atoms with van der Waals surface area (Å²) in [6, 6.07) is 20.8. The van der Waals surface area contributed by atoms with Crippen LogP contribution in [0.5, 0.6) is 0 Å². The molecule has 0 atom stereocenters. The van der Waals surface area contributed by atoms with Gasteiger partial charge >= 0.3 is 0 Å². The molecule has 8 aromatic heterocycles. The van der Waals surface area contributed by atoms with Crippen molar-refractivity contribution in [2.24, 2.45) is 0 Å². The molecule has 0 saturated heterocycles. The van der Waals surface area contributed by atoms with E-state index in [1.807, 2.05) is 63.4 Å². The molecule has 3 aliphatic rings. The summed E-state index contributed by atoms with van der Waals surface area (Å²) in [5.74, 6) is 0. The lowest BCUT2D eigenvalue weighted by molar-refractivity contribution is -0.605. The van der Waals surface area contributed by atoms with Crippen LogP contribution in [-0.4, -0.2) is 96.7 Å². The first-order chi connectivity index (χ1) is 36.7. The van der Waals surface area contributed by atoms with E-state index < -0.39 is 0 Å². The highest BCUT2D eigenvalue weighted by Gasteiger charge is 2.17. The van der Waals surface area contributed by atoms with Crippen LogP contribution in [-0.2, 0) is 38.9 Å². The number of nitrogens with one attached hydrogen (secondary N) is 2. The second-order valence-electron chi connectivity index (χ2n) is 17.9. The van der Waals surface area contributed by atoms with E-state index >= 15 is 0 Å². The number of aromatic amines is 2. The Morgan fingerprint density at radius 1 is 0.684 bits per heavy atom. The Morgan fingerprint density at radius 3 is 1.84 bits per heavy atom. The topological polar surface area (TPSA) is 231 Å². The predicted octanol–water partition coefficient (Wildman–Crippen LogP) is 7.88. The van der Waals surface area contributed by atoms with Gasteiger partial charge in [-0.15, -0.1) is 0 Å². The molecule has 0 bridgehead atoms. The SMILES string of the molecule is C/C=C/c1cnccc1C#N.CN1CCc2c(cc[nH]c2=O)C1.CN1CCc2c(ccnc2Br)C1.CN1CCc2c(ccnc2C=O)C1.Cc1ccc[n+]([O-])c1.Cc1cnccc1C#N.O=c1[nH]ccc2cnccc12. The van der Waals surface area contributed by atoms with Crippen LogP contribution in [0.15, 0.2) is 149 Å². The van der Waals surface area contributed by atoms with Gasteiger partial charge in [0.1, 0.15) is 10.3 Å². The van der Waals surface area contributed by atoms with E-state index in [4.69, 9.17) is 10.5 Å². The molecule has 0 unspecified atom stereocenters. The number of aromatic nitrogens is 8. The van der Waals surface area contributed by atoms with Gasteiger partial charge in [0, 0.05) is 129 Å². The number of fused-ring (bicyclic) bond motifs is 4. The zero-order valence-corrected chi connectivity index (χ0v) is 45.2. The maximum absolute atomic E-state index is 11.3. The summed E-state index contributed by atoms with van der Waals surface area (Å²) in [7, 11) is 6.31. The highest BCUT2D eigenvalue weighted by molar-refractivity contribution is 9.10. The van der Waals surface area contributed by atoms with Gasteiger partial charge in [0.05, 0.1) is 28.7 Å². The van der Waals surface area contributed by atoms with E-state index in [9.17, 15) is 19.6 Å². The molecule has 11 heterocycles. The number of allylic oxidation sites excluding steroid dienone is 1. The average molecular weight is 1090 g/mol. The molecule has 0 aromatic carbocycles. The van der Waals surface area contributed by atoms with Crippen molar-refractivity contribution in [2.45, 2.75) is 59.7 Å². The van der Waals surface area contributed by atoms with E-state index in [0.717, 1.165) is 107 Å². The highest BCUT2D eigenvalue weighted by Crippen LogP contribution is 2.23. The summed E-state index contributed by atoms with van der Waals surface area (Å²) in [6.45, 7) is 11.7. The monoisotopic (exact) mass is 1080 g/mol. The maximum atomic E-state index is 11.3. The lowest BCUT2D eigenvalue weighted by Crippen LogP contribution is -2.31. The quantitative estimate of drug-likeness (QED) is 0.0726. The molecule has 0 saturated carbocycles. The summed E-state index contributed by atoms with van der Waals surface area (Å²) in [5.41, 5.74) is 12.1. The van der Waals surface area contributed by atoms with Gasteiger partial charge in [-0.05, 0) is 159 Å². The van der Waals surface area contributed by atoms with Crippen LogP contribution in [0, 0.1) is 41.7 Å². The van der Waals surface area contributed by atoms with Crippen molar-refractivity contribution in [3.05, 3.63) is 232 Å². The smallest absolute Gasteiger partial charge is 0.255 e. The minimum atomic E-state index is -0.0649. The van der Waals surface area contributed by atoms with Crippen LogP contribution in [0.4, 0.5) is 0 Å². The third-order valence-corrected chi connectivity index (χ3v) is 12.7. The number of carbonyl (C=O) groups is 1. The summed E-state index contributed by atoms with van der Waals surface area (Å²) >= 11 is 3.47. The van der Waals surface area contributed by atoms with Crippen LogP contribution in [0.1, 0.15) is 78.6 Å². The first-order valence-electron chi connectivity index (χ1n) is 24.4. The molecule has 0 amide bonds. The zero-order valence-electron chi connectivity index (χ0n) is 43.7. The number of carbonyl (C=O) groups excluding carboxylic acids is 1. The highest BCUT2D eigenvalue weighted by atomic mass is 79.9. The molecule has 8 aromatic rings. The molecule has 18 heteroatoms. The van der Waals surface area contributed by atoms with E-state index in [1.54, 1.807) is 80.0 Å². The van der Waals surface area contributed by atoms with Gasteiger partial charge in [-0.3, -0.25) is 34.3 Å². The number of hydrogen-bond acceptors (Lipinski definition) is 14. The van der Waals surface area contributed by atoms with Gasteiger partial charge in [-0.25, -0.2) is 4.98 Å². The first kappa shape index (κ1) is 58.5. The molecule has 0 aliphatic carbocycles. The first-order valence-corrected chi connectivity index (χ1v) is 25.2. The van der Waals surface area contributed by atoms with Gasteiger partial charge in [0.15, 0.2) is 18.7 Å². The Labute approximate surface area is 451 Å². The Bertz CT molecular complexity index is 3380. The van der Waals surface area contributed by atoms with Gasteiger partial charge in [0.2, 0.25) is 0 Å². The number of nitriles is 2. The van der Waals surface area contributed by atoms with E-state index in [2.05, 4.69) is 105 Å². The molecular formula is C58H62BrN13O4. The third-order valence-electron chi connectivity index (χ3n) is 12.1. The summed E-state index contributed by atoms with van der Waals surface area (Å²) in [5, 5.41) is 29.0. The van der Waals surface area contributed by atoms with Crippen LogP contribution < -0.4 is 15.8 Å². The molecule has 390 valence electrons. The van der Waals surface area contributed by atoms with Crippen LogP contribution in [0.3, 0.4) is 0 Å². The van der Waals surface area contributed by atoms with Crippen molar-refractivity contribution in [1.82, 2.24) is 49.6 Å². The van der Waals surface area contributed by atoms with Gasteiger partial charge in [-0.2, -0.15) is 15.3 Å². The fourth-order valence-electron chi connectivity index (χ4n) is 8.01. The predicted molar refractivity (Wildman–Crippen MR) is 299 cm³/mol. The van der Waals surface area contributed by atoms with E-state index in [-0.39, 0.29) is 11.1 Å². The van der Waals surface area contributed by atoms with Gasteiger partial charge in [-0.1, -0.05) is 12.2 Å². The Balaban J connectivity index is 0.000000165. The number of aldehydes is 1. The molecule has 3 aliphatic heterocycles. The van der Waals surface area contributed by atoms with Crippen molar-refractivity contribution >= 4 is 39.1 Å². The molecule has 76 heavy (non-hydrogen) atoms. The van der Waals surface area contributed by atoms with Gasteiger partial charge < -0.3 is 29.9 Å². The van der Waals surface area contributed by atoms with Crippen molar-refractivity contribution in [1.29, 1.82) is 10.5 Å². The van der Waals surface area contributed by atoms with Crippen LogP contribution in [0.2, 0.25) is 0 Å². The molecule has 0 radical (unpaired) electrons. The molecule has 11 rings (SSSR count). The Hall–Kier alpha value is -8.39. The second kappa shape index (κ2) is 30.7. The van der Waals surface area contributed by atoms with Crippen molar-refractivity contribution < 1.29 is 9.52 Å². The standard InChI is InChI=1S/C10H12N2O.C9H11BrN2.C9H12N2O.C9H8N2.C8H6N2O.C7H6N2.C6H7NO/c1-12-5-3-9-8(6-12)2-4-11-10(9)7-13;1-12-5-3-8-7(6-12)2-4-11-9(8)10;1-11-5-3-8-7(6-11)2-4-10-9(8)12;1-2-3-9-7-11-5-4-8(9)6-10;11-8-7-2-3-9-5-6(7)1-4-10-8;1-6-5-9-3-2-7(6)4-8;1-6-3-2-4-7(8)5-6/h2,4,7H,3,5-6H2,1H3;2,4H,3,5-6H2,1H3;2,4H,3,5-6H2,1H3,(H,10,12);2-5,7H,1H3;1-5H,(H,10,11);2-3,5H,1H3;2-5H,1H3/b;;;3-2+;;;. The van der Waals surface area contributed by atoms with E-state index in [1.165, 1.54) is 34.6 Å². The zero-order chi connectivity index (χ0) is 54.8. The number of rotatable bonds is 2. The summed E-state index contributed by atoms with van der Waals surface area (Å²) < 4.78 is 1.81. The van der Waals surface area contributed by atoms with E-state index in [0.29, 0.717) is 22.2 Å². The van der Waals surface area contributed by atoms with Crippen molar-refractivity contribution in [3.63, 3.8) is 0 Å². The number of hydrogen-bond donors (Lipinski definition) is 2. The number of halogens is 1. The van der Waals surface area contributed by atoms with Crippen molar-refractivity contribution in [2.75, 3.05) is 40.8 Å². The number of likely N-dealkylation sites (N-methyl/N-ethyl adjacent to an activating group) is 3. The van der Waals surface area contributed by atoms with Crippen molar-refractivity contribution in [3.8, 4) is 12.1 Å². The molecular weight excluding hydrogens is 1020 g/mol. The van der Waals surface area contributed by atoms with Crippen LogP contribution >= 0.6 is 15.9 Å². The normalized spacial score (nSPS) is 13.2. The number of pyridine rings is 8. The minimum absolute atomic E-state index is 0.0649. The lowest BCUT2D eigenvalue weighted by Gasteiger charge is -2.25. The number of nitrogens with zero attached hydrogens (tertiary/aromatic N) is 11. The number of aryl methyl sites for hydroxylation is 2. The lowest BCUT2D eigenvalue weighted by atomic mass is 9.99. The summed E-state index contributed by atoms with van der Waals surface area (Å²) in [4.78, 5) is 65.1.